The molecule has 2 aromatic carbocycles. The van der Waals surface area contributed by atoms with Gasteiger partial charge in [0.05, 0.1) is 22.9 Å². The van der Waals surface area contributed by atoms with Crippen molar-refractivity contribution in [3.05, 3.63) is 64.7 Å². The molecule has 1 N–H and O–H groups in total. The van der Waals surface area contributed by atoms with Crippen LogP contribution in [0.1, 0.15) is 35.7 Å². The number of rotatable bonds is 7. The first-order chi connectivity index (χ1) is 11.6. The summed E-state index contributed by atoms with van der Waals surface area (Å²) in [7, 11) is 0. The highest BCUT2D eigenvalue weighted by Gasteiger charge is 2.11. The maximum absolute atomic E-state index is 12.1. The Morgan fingerprint density at radius 3 is 2.58 bits per heavy atom. The lowest BCUT2D eigenvalue weighted by Crippen LogP contribution is -2.13. The van der Waals surface area contributed by atoms with Crippen molar-refractivity contribution in [1.82, 2.24) is 0 Å². The van der Waals surface area contributed by atoms with Crippen LogP contribution in [0, 0.1) is 0 Å². The van der Waals surface area contributed by atoms with E-state index in [0.717, 1.165) is 12.8 Å². The quantitative estimate of drug-likeness (QED) is 0.753. The van der Waals surface area contributed by atoms with Crippen LogP contribution in [0.15, 0.2) is 48.5 Å². The molecule has 0 aliphatic heterocycles. The zero-order valence-electron chi connectivity index (χ0n) is 13.5. The Morgan fingerprint density at radius 2 is 1.88 bits per heavy atom. The van der Waals surface area contributed by atoms with Crippen molar-refractivity contribution in [2.45, 2.75) is 26.2 Å². The van der Waals surface area contributed by atoms with E-state index < -0.39 is 5.97 Å². The monoisotopic (exact) mass is 345 g/mol. The largest absolute Gasteiger partial charge is 0.462 e. The highest BCUT2D eigenvalue weighted by atomic mass is 35.5. The third kappa shape index (κ3) is 5.39. The molecule has 0 bridgehead atoms. The molecule has 0 aliphatic rings. The van der Waals surface area contributed by atoms with E-state index in [2.05, 4.69) is 5.32 Å². The normalized spacial score (nSPS) is 10.2. The van der Waals surface area contributed by atoms with E-state index in [1.807, 2.05) is 30.3 Å². The molecule has 0 atom stereocenters. The standard InChI is InChI=1S/C19H20ClNO3/c1-2-24-19(23)15-11-12-16(20)17(13-15)21-18(22)10-6-9-14-7-4-3-5-8-14/h3-5,7-8,11-13H,2,6,9-10H2,1H3,(H,21,22). The summed E-state index contributed by atoms with van der Waals surface area (Å²) in [6, 6.07) is 14.7. The molecular weight excluding hydrogens is 326 g/mol. The van der Waals surface area contributed by atoms with Gasteiger partial charge < -0.3 is 10.1 Å². The number of halogens is 1. The van der Waals surface area contributed by atoms with E-state index in [1.165, 1.54) is 11.6 Å². The molecular formula is C19H20ClNO3. The van der Waals surface area contributed by atoms with Gasteiger partial charge in [0.15, 0.2) is 0 Å². The molecule has 0 radical (unpaired) electrons. The first-order valence-corrected chi connectivity index (χ1v) is 8.28. The zero-order valence-corrected chi connectivity index (χ0v) is 14.3. The van der Waals surface area contributed by atoms with Gasteiger partial charge in [0.25, 0.3) is 0 Å². The maximum atomic E-state index is 12.1. The third-order valence-electron chi connectivity index (χ3n) is 3.46. The minimum absolute atomic E-state index is 0.131. The van der Waals surface area contributed by atoms with Gasteiger partial charge in [-0.1, -0.05) is 41.9 Å². The number of hydrogen-bond donors (Lipinski definition) is 1. The van der Waals surface area contributed by atoms with Gasteiger partial charge in [0.2, 0.25) is 5.91 Å². The lowest BCUT2D eigenvalue weighted by atomic mass is 10.1. The summed E-state index contributed by atoms with van der Waals surface area (Å²) in [5.74, 6) is -0.567. The lowest BCUT2D eigenvalue weighted by molar-refractivity contribution is -0.116. The number of esters is 1. The predicted octanol–water partition coefficient (Wildman–Crippen LogP) is 4.48. The second-order valence-electron chi connectivity index (χ2n) is 5.30. The molecule has 1 amide bonds. The molecule has 126 valence electrons. The first-order valence-electron chi connectivity index (χ1n) is 7.90. The number of benzene rings is 2. The molecule has 0 fully saturated rings. The van der Waals surface area contributed by atoms with Crippen molar-refractivity contribution in [3.63, 3.8) is 0 Å². The minimum Gasteiger partial charge on any atom is -0.462 e. The van der Waals surface area contributed by atoms with Gasteiger partial charge in [0, 0.05) is 6.42 Å². The highest BCUT2D eigenvalue weighted by molar-refractivity contribution is 6.33. The van der Waals surface area contributed by atoms with Crippen LogP contribution in [0.3, 0.4) is 0 Å². The second-order valence-corrected chi connectivity index (χ2v) is 5.71. The molecule has 0 saturated heterocycles. The summed E-state index contributed by atoms with van der Waals surface area (Å²) in [5.41, 5.74) is 1.99. The predicted molar refractivity (Wildman–Crippen MR) is 95.4 cm³/mol. The molecule has 0 aliphatic carbocycles. The van der Waals surface area contributed by atoms with Gasteiger partial charge in [-0.05, 0) is 43.5 Å². The fourth-order valence-corrected chi connectivity index (χ4v) is 2.44. The molecule has 5 heteroatoms. The molecule has 0 heterocycles. The Bertz CT molecular complexity index is 701. The maximum Gasteiger partial charge on any atom is 0.338 e. The van der Waals surface area contributed by atoms with E-state index in [4.69, 9.17) is 16.3 Å². The summed E-state index contributed by atoms with van der Waals surface area (Å²) in [6.07, 6.45) is 1.96. The van der Waals surface area contributed by atoms with Gasteiger partial charge in [0.1, 0.15) is 0 Å². The van der Waals surface area contributed by atoms with E-state index >= 15 is 0 Å². The fraction of sp³-hybridized carbons (Fsp3) is 0.263. The van der Waals surface area contributed by atoms with E-state index in [-0.39, 0.29) is 5.91 Å². The minimum atomic E-state index is -0.436. The average molecular weight is 346 g/mol. The number of carbonyl (C=O) groups is 2. The molecule has 0 spiro atoms. The van der Waals surface area contributed by atoms with Gasteiger partial charge in [-0.3, -0.25) is 4.79 Å². The first kappa shape index (κ1) is 18.0. The Kier molecular flexibility index (Phi) is 6.82. The van der Waals surface area contributed by atoms with Crippen molar-refractivity contribution in [2.24, 2.45) is 0 Å². The van der Waals surface area contributed by atoms with Crippen LogP contribution in [-0.2, 0) is 16.0 Å². The average Bonchev–Trinajstić information content (AvgIpc) is 2.58. The van der Waals surface area contributed by atoms with Crippen molar-refractivity contribution < 1.29 is 14.3 Å². The van der Waals surface area contributed by atoms with Crippen molar-refractivity contribution in [1.29, 1.82) is 0 Å². The number of nitrogens with one attached hydrogen (secondary N) is 1. The summed E-state index contributed by atoms with van der Waals surface area (Å²) in [6.45, 7) is 2.03. The topological polar surface area (TPSA) is 55.4 Å². The van der Waals surface area contributed by atoms with Crippen LogP contribution in [-0.4, -0.2) is 18.5 Å². The molecule has 4 nitrogen and oxygen atoms in total. The van der Waals surface area contributed by atoms with Crippen molar-refractivity contribution in [2.75, 3.05) is 11.9 Å². The number of aryl methyl sites for hydroxylation is 1. The number of ether oxygens (including phenoxy) is 1. The van der Waals surface area contributed by atoms with Crippen LogP contribution >= 0.6 is 11.6 Å². The number of hydrogen-bond acceptors (Lipinski definition) is 3. The molecule has 24 heavy (non-hydrogen) atoms. The molecule has 0 unspecified atom stereocenters. The summed E-state index contributed by atoms with van der Waals surface area (Å²) < 4.78 is 4.95. The summed E-state index contributed by atoms with van der Waals surface area (Å²) in [5, 5.41) is 3.14. The lowest BCUT2D eigenvalue weighted by Gasteiger charge is -2.09. The molecule has 0 saturated carbocycles. The van der Waals surface area contributed by atoms with Crippen LogP contribution in [0.4, 0.5) is 5.69 Å². The fourth-order valence-electron chi connectivity index (χ4n) is 2.27. The summed E-state index contributed by atoms with van der Waals surface area (Å²) >= 11 is 6.09. The number of amides is 1. The van der Waals surface area contributed by atoms with Crippen LogP contribution in [0.25, 0.3) is 0 Å². The molecule has 0 aromatic heterocycles. The van der Waals surface area contributed by atoms with E-state index in [1.54, 1.807) is 19.1 Å². The van der Waals surface area contributed by atoms with Crippen LogP contribution < -0.4 is 5.32 Å². The SMILES string of the molecule is CCOC(=O)c1ccc(Cl)c(NC(=O)CCCc2ccccc2)c1. The third-order valence-corrected chi connectivity index (χ3v) is 3.79. The van der Waals surface area contributed by atoms with Crippen molar-refractivity contribution >= 4 is 29.2 Å². The van der Waals surface area contributed by atoms with E-state index in [9.17, 15) is 9.59 Å². The highest BCUT2D eigenvalue weighted by Crippen LogP contribution is 2.24. The summed E-state index contributed by atoms with van der Waals surface area (Å²) in [4.78, 5) is 23.8. The second kappa shape index (κ2) is 9.08. The Balaban J connectivity index is 1.91. The van der Waals surface area contributed by atoms with Gasteiger partial charge in [-0.15, -0.1) is 0 Å². The Labute approximate surface area is 146 Å². The Morgan fingerprint density at radius 1 is 1.12 bits per heavy atom. The van der Waals surface area contributed by atoms with Crippen LogP contribution in [0.2, 0.25) is 5.02 Å². The van der Waals surface area contributed by atoms with Crippen LogP contribution in [0.5, 0.6) is 0 Å². The van der Waals surface area contributed by atoms with Gasteiger partial charge in [-0.2, -0.15) is 0 Å². The van der Waals surface area contributed by atoms with Gasteiger partial charge >= 0.3 is 5.97 Å². The number of anilines is 1. The number of carbonyl (C=O) groups excluding carboxylic acids is 2. The molecule has 2 aromatic rings. The smallest absolute Gasteiger partial charge is 0.338 e. The molecule has 2 rings (SSSR count). The zero-order chi connectivity index (χ0) is 17.4. The van der Waals surface area contributed by atoms with E-state index in [0.29, 0.717) is 29.3 Å². The van der Waals surface area contributed by atoms with Crippen molar-refractivity contribution in [3.8, 4) is 0 Å². The Hall–Kier alpha value is -2.33. The van der Waals surface area contributed by atoms with Gasteiger partial charge in [-0.25, -0.2) is 4.79 Å².